The molecule has 2 N–H and O–H groups in total. The number of urea groups is 1. The van der Waals surface area contributed by atoms with Crippen LogP contribution in [0.3, 0.4) is 0 Å². The minimum Gasteiger partial charge on any atom is -0.495 e. The number of amides is 2. The fourth-order valence-corrected chi connectivity index (χ4v) is 4.45. The summed E-state index contributed by atoms with van der Waals surface area (Å²) in [6.45, 7) is 12.2. The molecule has 6 nitrogen and oxygen atoms in total. The lowest BCUT2D eigenvalue weighted by Crippen LogP contribution is -2.48. The lowest BCUT2D eigenvalue weighted by molar-refractivity contribution is 0.252. The second-order valence-corrected chi connectivity index (χ2v) is 8.45. The summed E-state index contributed by atoms with van der Waals surface area (Å²) in [4.78, 5) is 14.7. The molecule has 0 aliphatic carbocycles. The maximum Gasteiger partial charge on any atom is 0.339 e. The van der Waals surface area contributed by atoms with Crippen molar-refractivity contribution < 1.29 is 9.53 Å². The number of hydrazone groups is 1. The van der Waals surface area contributed by atoms with Gasteiger partial charge in [-0.3, -0.25) is 0 Å². The van der Waals surface area contributed by atoms with Gasteiger partial charge in [0.15, 0.2) is 0 Å². The molecule has 1 aliphatic rings. The minimum atomic E-state index is -0.418. The number of para-hydroxylation sites is 2. The van der Waals surface area contributed by atoms with E-state index in [1.165, 1.54) is 11.3 Å². The van der Waals surface area contributed by atoms with Crippen molar-refractivity contribution in [1.29, 1.82) is 0 Å². The number of rotatable bonds is 5. The number of fused-ring (bicyclic) bond motifs is 1. The van der Waals surface area contributed by atoms with Crippen LogP contribution >= 0.6 is 0 Å². The molecule has 2 aromatic carbocycles. The summed E-state index contributed by atoms with van der Waals surface area (Å²) in [5.74, 6) is 1.06. The van der Waals surface area contributed by atoms with E-state index in [2.05, 4.69) is 67.5 Å². The Bertz CT molecular complexity index is 952. The molecule has 0 unspecified atom stereocenters. The molecule has 0 bridgehead atoms. The molecular formula is C24H32N4O2. The topological polar surface area (TPSA) is 66.0 Å². The highest BCUT2D eigenvalue weighted by Gasteiger charge is 2.35. The molecule has 1 atom stereocenters. The van der Waals surface area contributed by atoms with Gasteiger partial charge in [-0.25, -0.2) is 10.2 Å². The van der Waals surface area contributed by atoms with Gasteiger partial charge < -0.3 is 15.0 Å². The lowest BCUT2D eigenvalue weighted by atomic mass is 9.79. The number of carbonyl (C=O) groups excluding carboxylic acids is 1. The zero-order valence-corrected chi connectivity index (χ0v) is 18.7. The summed E-state index contributed by atoms with van der Waals surface area (Å²) < 4.78 is 5.25. The quantitative estimate of drug-likeness (QED) is 0.523. The van der Waals surface area contributed by atoms with E-state index < -0.39 is 6.03 Å². The predicted octanol–water partition coefficient (Wildman–Crippen LogP) is 5.27. The maximum absolute atomic E-state index is 12.2. The maximum atomic E-state index is 12.2. The fraction of sp³-hybridized carbons (Fsp3) is 0.417. The Morgan fingerprint density at radius 1 is 1.33 bits per heavy atom. The number of carbonyl (C=O) groups is 1. The van der Waals surface area contributed by atoms with E-state index in [0.717, 1.165) is 24.1 Å². The first kappa shape index (κ1) is 21.7. The van der Waals surface area contributed by atoms with Crippen LogP contribution in [0.2, 0.25) is 0 Å². The number of ether oxygens (including phenoxy) is 1. The largest absolute Gasteiger partial charge is 0.495 e. The standard InChI is InChI=1S/C24H32N4O2/c1-7-28-21-12-16(2)18(13-19(21)17(3)14-24(28,4)5)15-25-27-23(29)26-20-10-8-9-11-22(20)30-6/h8-13,15,17H,7,14H2,1-6H3,(H2,26,27,29)/b25-15+/t17-/m1/s1. The monoisotopic (exact) mass is 408 g/mol. The number of hydrogen-bond donors (Lipinski definition) is 2. The molecule has 1 heterocycles. The van der Waals surface area contributed by atoms with E-state index in [0.29, 0.717) is 17.4 Å². The van der Waals surface area contributed by atoms with E-state index >= 15 is 0 Å². The molecular weight excluding hydrogens is 376 g/mol. The predicted molar refractivity (Wildman–Crippen MR) is 124 cm³/mol. The number of nitrogens with zero attached hydrogens (tertiary/aromatic N) is 2. The van der Waals surface area contributed by atoms with Crippen LogP contribution in [0, 0.1) is 6.92 Å². The normalized spacial score (nSPS) is 17.5. The summed E-state index contributed by atoms with van der Waals surface area (Å²) in [6, 6.07) is 11.3. The first-order valence-electron chi connectivity index (χ1n) is 10.4. The Balaban J connectivity index is 1.75. The second kappa shape index (κ2) is 8.78. The molecule has 0 spiro atoms. The van der Waals surface area contributed by atoms with Crippen molar-refractivity contribution in [3.8, 4) is 5.75 Å². The fourth-order valence-electron chi connectivity index (χ4n) is 4.45. The zero-order valence-electron chi connectivity index (χ0n) is 18.7. The number of aryl methyl sites for hydroxylation is 1. The third-order valence-corrected chi connectivity index (χ3v) is 5.81. The third kappa shape index (κ3) is 4.42. The van der Waals surface area contributed by atoms with Crippen LogP contribution in [-0.4, -0.2) is 31.4 Å². The SMILES string of the molecule is CCN1c2cc(C)c(/C=N/NC(=O)Nc3ccccc3OC)cc2[C@H](C)CC1(C)C. The molecule has 1 aliphatic heterocycles. The number of methoxy groups -OCH3 is 1. The van der Waals surface area contributed by atoms with Crippen LogP contribution in [0.4, 0.5) is 16.2 Å². The summed E-state index contributed by atoms with van der Waals surface area (Å²) in [5.41, 5.74) is 8.05. The summed E-state index contributed by atoms with van der Waals surface area (Å²) in [5, 5.41) is 6.90. The Labute approximate surface area is 179 Å². The van der Waals surface area contributed by atoms with Crippen molar-refractivity contribution in [3.05, 3.63) is 53.1 Å². The highest BCUT2D eigenvalue weighted by Crippen LogP contribution is 2.43. The minimum absolute atomic E-state index is 0.140. The number of hydrogen-bond acceptors (Lipinski definition) is 4. The van der Waals surface area contributed by atoms with Crippen molar-refractivity contribution in [1.82, 2.24) is 5.43 Å². The summed E-state index contributed by atoms with van der Waals surface area (Å²) in [7, 11) is 1.57. The highest BCUT2D eigenvalue weighted by molar-refractivity contribution is 5.92. The van der Waals surface area contributed by atoms with Crippen molar-refractivity contribution in [2.24, 2.45) is 5.10 Å². The molecule has 3 rings (SSSR count). The summed E-state index contributed by atoms with van der Waals surface area (Å²) >= 11 is 0. The Morgan fingerprint density at radius 2 is 2.07 bits per heavy atom. The second-order valence-electron chi connectivity index (χ2n) is 8.45. The molecule has 30 heavy (non-hydrogen) atoms. The third-order valence-electron chi connectivity index (χ3n) is 5.81. The van der Waals surface area contributed by atoms with E-state index in [1.54, 1.807) is 25.5 Å². The van der Waals surface area contributed by atoms with Crippen molar-refractivity contribution in [2.75, 3.05) is 23.9 Å². The van der Waals surface area contributed by atoms with Crippen molar-refractivity contribution in [2.45, 2.75) is 52.5 Å². The molecule has 0 saturated carbocycles. The molecule has 2 aromatic rings. The van der Waals surface area contributed by atoms with Crippen LogP contribution < -0.4 is 20.4 Å². The smallest absolute Gasteiger partial charge is 0.339 e. The Morgan fingerprint density at radius 3 is 2.77 bits per heavy atom. The molecule has 0 radical (unpaired) electrons. The van der Waals surface area contributed by atoms with E-state index in [-0.39, 0.29) is 5.54 Å². The van der Waals surface area contributed by atoms with Crippen LogP contribution in [0.5, 0.6) is 5.75 Å². The molecule has 0 fully saturated rings. The molecule has 0 saturated heterocycles. The molecule has 2 amide bonds. The first-order valence-corrected chi connectivity index (χ1v) is 10.4. The zero-order chi connectivity index (χ0) is 21.9. The van der Waals surface area contributed by atoms with Gasteiger partial charge in [0.25, 0.3) is 0 Å². The van der Waals surface area contributed by atoms with Gasteiger partial charge in [0.05, 0.1) is 19.0 Å². The van der Waals surface area contributed by atoms with Crippen LogP contribution in [-0.2, 0) is 0 Å². The lowest BCUT2D eigenvalue weighted by Gasteiger charge is -2.47. The van der Waals surface area contributed by atoms with Gasteiger partial charge in [0, 0.05) is 17.8 Å². The molecule has 0 aromatic heterocycles. The van der Waals surface area contributed by atoms with Gasteiger partial charge in [-0.2, -0.15) is 5.10 Å². The Kier molecular flexibility index (Phi) is 6.34. The van der Waals surface area contributed by atoms with Crippen molar-refractivity contribution in [3.63, 3.8) is 0 Å². The van der Waals surface area contributed by atoms with Crippen LogP contribution in [0.25, 0.3) is 0 Å². The van der Waals surface area contributed by atoms with Gasteiger partial charge in [-0.15, -0.1) is 0 Å². The van der Waals surface area contributed by atoms with Gasteiger partial charge >= 0.3 is 6.03 Å². The first-order chi connectivity index (χ1) is 14.3. The molecule has 160 valence electrons. The van der Waals surface area contributed by atoms with Crippen LogP contribution in [0.15, 0.2) is 41.5 Å². The number of anilines is 2. The van der Waals surface area contributed by atoms with Crippen molar-refractivity contribution >= 4 is 23.6 Å². The average Bonchev–Trinajstić information content (AvgIpc) is 2.69. The Hall–Kier alpha value is -3.02. The van der Waals surface area contributed by atoms with Gasteiger partial charge in [-0.05, 0) is 81.0 Å². The highest BCUT2D eigenvalue weighted by atomic mass is 16.5. The van der Waals surface area contributed by atoms with Gasteiger partial charge in [-0.1, -0.05) is 19.1 Å². The van der Waals surface area contributed by atoms with Gasteiger partial charge in [0.2, 0.25) is 0 Å². The summed E-state index contributed by atoms with van der Waals surface area (Å²) in [6.07, 6.45) is 2.81. The van der Waals surface area contributed by atoms with E-state index in [4.69, 9.17) is 4.74 Å². The number of nitrogens with one attached hydrogen (secondary N) is 2. The van der Waals surface area contributed by atoms with E-state index in [1.807, 2.05) is 12.1 Å². The molecule has 6 heteroatoms. The van der Waals surface area contributed by atoms with Gasteiger partial charge in [0.1, 0.15) is 5.75 Å². The van der Waals surface area contributed by atoms with E-state index in [9.17, 15) is 4.79 Å². The number of benzene rings is 2. The van der Waals surface area contributed by atoms with Crippen LogP contribution in [0.1, 0.15) is 56.7 Å². The average molecular weight is 409 g/mol.